The molecule has 1 heterocycles. The molecule has 1 aliphatic heterocycles. The fourth-order valence-electron chi connectivity index (χ4n) is 3.23. The van der Waals surface area contributed by atoms with Gasteiger partial charge < -0.3 is 19.7 Å². The minimum Gasteiger partial charge on any atom is -0.457 e. The zero-order valence-electron chi connectivity index (χ0n) is 19.4. The molecule has 0 aromatic heterocycles. The molecule has 2 rings (SSSR count). The first-order valence-corrected chi connectivity index (χ1v) is 10.4. The monoisotopic (exact) mass is 494 g/mol. The van der Waals surface area contributed by atoms with Crippen LogP contribution in [0.3, 0.4) is 0 Å². The van der Waals surface area contributed by atoms with Crippen LogP contribution in [0.2, 0.25) is 0 Å². The van der Waals surface area contributed by atoms with Gasteiger partial charge >= 0.3 is 12.1 Å². The van der Waals surface area contributed by atoms with E-state index in [-0.39, 0.29) is 6.42 Å². The van der Waals surface area contributed by atoms with E-state index < -0.39 is 54.7 Å². The molecule has 34 heavy (non-hydrogen) atoms. The molecule has 0 aliphatic carbocycles. The van der Waals surface area contributed by atoms with E-state index >= 15 is 0 Å². The van der Waals surface area contributed by atoms with Crippen molar-refractivity contribution in [2.75, 3.05) is 20.4 Å². The maximum absolute atomic E-state index is 13.8. The number of likely N-dealkylation sites (tertiary alicyclic amines) is 1. The lowest BCUT2D eigenvalue weighted by Crippen LogP contribution is -2.51. The Morgan fingerprint density at radius 3 is 2.35 bits per heavy atom. The van der Waals surface area contributed by atoms with Gasteiger partial charge in [0.15, 0.2) is 6.04 Å². The molecule has 4 atom stereocenters. The van der Waals surface area contributed by atoms with Gasteiger partial charge in [0, 0.05) is 13.1 Å². The van der Waals surface area contributed by atoms with Crippen LogP contribution in [0.25, 0.3) is 0 Å². The lowest BCUT2D eigenvalue weighted by atomic mass is 10.0. The van der Waals surface area contributed by atoms with Crippen molar-refractivity contribution in [2.24, 2.45) is 5.92 Å². The minimum atomic E-state index is -2.93. The van der Waals surface area contributed by atoms with Gasteiger partial charge in [0.05, 0.1) is 13.1 Å². The fourth-order valence-corrected chi connectivity index (χ4v) is 3.23. The van der Waals surface area contributed by atoms with Crippen molar-refractivity contribution in [1.29, 1.82) is 0 Å². The van der Waals surface area contributed by atoms with Crippen molar-refractivity contribution in [2.45, 2.75) is 57.8 Å². The third-order valence-electron chi connectivity index (χ3n) is 4.70. The molecule has 1 fully saturated rings. The van der Waals surface area contributed by atoms with E-state index in [9.17, 15) is 32.1 Å². The Morgan fingerprint density at radius 2 is 1.82 bits per heavy atom. The van der Waals surface area contributed by atoms with Crippen LogP contribution in [0.5, 0.6) is 0 Å². The van der Waals surface area contributed by atoms with E-state index in [0.717, 1.165) is 5.56 Å². The lowest BCUT2D eigenvalue weighted by molar-refractivity contribution is -0.238. The first-order valence-electron chi connectivity index (χ1n) is 10.4. The third kappa shape index (κ3) is 8.81. The second-order valence-electron chi connectivity index (χ2n) is 8.33. The molecular weight excluding hydrogens is 464 g/mol. The van der Waals surface area contributed by atoms with Gasteiger partial charge in [-0.15, -0.1) is 0 Å². The number of benzene rings is 1. The summed E-state index contributed by atoms with van der Waals surface area (Å²) in [5.41, 5.74) is -0.113. The summed E-state index contributed by atoms with van der Waals surface area (Å²) in [7, 11) is 0.500. The molecule has 1 aliphatic rings. The molecule has 0 saturated carbocycles. The van der Waals surface area contributed by atoms with E-state index in [1.54, 1.807) is 5.32 Å². The summed E-state index contributed by atoms with van der Waals surface area (Å²) in [4.78, 5) is 41.4. The molecule has 192 valence electrons. The summed E-state index contributed by atoms with van der Waals surface area (Å²) in [6.45, 7) is 3.94. The molecular formula is C22H30F4N2O6. The zero-order valence-corrected chi connectivity index (χ0v) is 19.4. The predicted molar refractivity (Wildman–Crippen MR) is 113 cm³/mol. The number of alkyl halides is 3. The Labute approximate surface area is 195 Å². The molecule has 2 amide bonds. The largest absolute Gasteiger partial charge is 0.457 e. The van der Waals surface area contributed by atoms with Gasteiger partial charge in [-0.25, -0.2) is 18.4 Å². The lowest BCUT2D eigenvalue weighted by Gasteiger charge is -2.26. The number of amides is 2. The molecule has 0 bridgehead atoms. The highest BCUT2D eigenvalue weighted by molar-refractivity contribution is 5.84. The van der Waals surface area contributed by atoms with Crippen LogP contribution in [-0.2, 0) is 30.5 Å². The van der Waals surface area contributed by atoms with Crippen molar-refractivity contribution < 1.29 is 46.5 Å². The Balaban J connectivity index is 0.00000281. The number of hydrogen-bond acceptors (Lipinski definition) is 6. The number of halogens is 4. The van der Waals surface area contributed by atoms with Gasteiger partial charge in [-0.2, -0.15) is 4.94 Å². The topological polar surface area (TPSA) is 94.2 Å². The van der Waals surface area contributed by atoms with Crippen molar-refractivity contribution in [3.63, 3.8) is 0 Å². The van der Waals surface area contributed by atoms with Gasteiger partial charge in [0.25, 0.3) is 6.36 Å². The Kier molecular flexibility index (Phi) is 11.8. The Hall–Kier alpha value is -2.89. The predicted octanol–water partition coefficient (Wildman–Crippen LogP) is 3.59. The van der Waals surface area contributed by atoms with Crippen molar-refractivity contribution >= 4 is 18.0 Å². The molecule has 1 aromatic carbocycles. The van der Waals surface area contributed by atoms with Crippen LogP contribution in [-0.4, -0.2) is 67.4 Å². The smallest absolute Gasteiger partial charge is 0.408 e. The second kappa shape index (κ2) is 13.7. The average Bonchev–Trinajstić information content (AvgIpc) is 3.15. The number of hydrogen-bond donors (Lipinski definition) is 1. The summed E-state index contributed by atoms with van der Waals surface area (Å²) in [5.74, 6) is -2.93. The van der Waals surface area contributed by atoms with Crippen molar-refractivity contribution in [3.8, 4) is 0 Å². The Bertz CT molecular complexity index is 793. The van der Waals surface area contributed by atoms with Gasteiger partial charge in [-0.3, -0.25) is 9.18 Å². The van der Waals surface area contributed by atoms with E-state index in [0.29, 0.717) is 20.3 Å². The normalized spacial score (nSPS) is 18.3. The van der Waals surface area contributed by atoms with E-state index in [1.165, 1.54) is 25.7 Å². The van der Waals surface area contributed by atoms with Crippen LogP contribution in [0, 0.1) is 5.92 Å². The highest BCUT2D eigenvalue weighted by Crippen LogP contribution is 2.26. The van der Waals surface area contributed by atoms with Gasteiger partial charge in [-0.1, -0.05) is 30.3 Å². The molecule has 12 heteroatoms. The number of carbonyl (C=O) groups excluding carboxylic acids is 3. The number of rotatable bonds is 9. The molecule has 1 aromatic rings. The maximum Gasteiger partial charge on any atom is 0.408 e. The second-order valence-corrected chi connectivity index (χ2v) is 8.33. The van der Waals surface area contributed by atoms with Crippen LogP contribution < -0.4 is 5.32 Å². The van der Waals surface area contributed by atoms with Crippen LogP contribution in [0.15, 0.2) is 30.3 Å². The Morgan fingerprint density at radius 1 is 1.21 bits per heavy atom. The number of ether oxygens (including phenoxy) is 2. The number of alkyl carbamates (subject to hydrolysis) is 1. The van der Waals surface area contributed by atoms with Crippen LogP contribution in [0.4, 0.5) is 22.5 Å². The molecule has 1 N–H and O–H groups in total. The fraction of sp³-hybridized carbons (Fsp3) is 0.591. The van der Waals surface area contributed by atoms with E-state index in [1.807, 2.05) is 30.3 Å². The maximum atomic E-state index is 13.8. The van der Waals surface area contributed by atoms with Gasteiger partial charge in [0.2, 0.25) is 5.91 Å². The first kappa shape index (κ1) is 29.1. The SMILES string of the molecule is CC(C)(C)OC(=O)NC(C(=O)OC(CF)C1CCN(Cc2ccccc2)C1=O)C(F)OF.CF. The summed E-state index contributed by atoms with van der Waals surface area (Å²) >= 11 is 0. The third-order valence-corrected chi connectivity index (χ3v) is 4.70. The molecule has 1 saturated heterocycles. The molecule has 4 unspecified atom stereocenters. The van der Waals surface area contributed by atoms with Gasteiger partial charge in [0.1, 0.15) is 18.4 Å². The summed E-state index contributed by atoms with van der Waals surface area (Å²) in [5, 5.41) is 1.80. The van der Waals surface area contributed by atoms with Crippen LogP contribution in [0.1, 0.15) is 32.8 Å². The minimum absolute atomic E-state index is 0.205. The van der Waals surface area contributed by atoms with Crippen molar-refractivity contribution in [3.05, 3.63) is 35.9 Å². The number of esters is 1. The highest BCUT2D eigenvalue weighted by atomic mass is 19.3. The number of carbonyl (C=O) groups is 3. The summed E-state index contributed by atoms with van der Waals surface area (Å²) in [6, 6.07) is 6.87. The summed E-state index contributed by atoms with van der Waals surface area (Å²) < 4.78 is 59.2. The first-order chi connectivity index (χ1) is 16.1. The van der Waals surface area contributed by atoms with Gasteiger partial charge in [-0.05, 0) is 37.3 Å². The number of nitrogens with zero attached hydrogens (tertiary/aromatic N) is 1. The summed E-state index contributed by atoms with van der Waals surface area (Å²) in [6.07, 6.45) is -5.49. The quantitative estimate of drug-likeness (QED) is 0.417. The molecule has 0 spiro atoms. The van der Waals surface area contributed by atoms with Crippen LogP contribution >= 0.6 is 0 Å². The van der Waals surface area contributed by atoms with Crippen molar-refractivity contribution in [1.82, 2.24) is 10.2 Å². The molecule has 0 radical (unpaired) electrons. The van der Waals surface area contributed by atoms with E-state index in [4.69, 9.17) is 9.47 Å². The average molecular weight is 494 g/mol. The standard InChI is InChI=1S/C21H27F3N2O6.CH3F/c1-21(2,3)31-20(29)25-16(17(23)32-24)19(28)30-15(11-22)14-9-10-26(18(14)27)12-13-7-5-4-6-8-13;1-2/h4-8,14-17H,9-12H2,1-3H3,(H,25,29);1H3. The van der Waals surface area contributed by atoms with E-state index in [2.05, 4.69) is 4.94 Å². The zero-order chi connectivity index (χ0) is 25.9. The number of nitrogens with one attached hydrogen (secondary N) is 1. The molecule has 8 nitrogen and oxygen atoms in total. The highest BCUT2D eigenvalue weighted by Gasteiger charge is 2.42.